The molecular weight excluding hydrogens is 286 g/mol. The zero-order valence-electron chi connectivity index (χ0n) is 13.5. The van der Waals surface area contributed by atoms with Crippen LogP contribution >= 0.6 is 0 Å². The molecule has 1 aliphatic heterocycles. The molecule has 0 atom stereocenters. The summed E-state index contributed by atoms with van der Waals surface area (Å²) in [5.74, 6) is 1.47. The van der Waals surface area contributed by atoms with Gasteiger partial charge in [0.05, 0.1) is 6.54 Å². The van der Waals surface area contributed by atoms with Gasteiger partial charge in [-0.15, -0.1) is 0 Å². The van der Waals surface area contributed by atoms with E-state index in [1.807, 2.05) is 30.5 Å². The van der Waals surface area contributed by atoms with Crippen molar-refractivity contribution >= 4 is 17.5 Å². The Morgan fingerprint density at radius 2 is 1.91 bits per heavy atom. The van der Waals surface area contributed by atoms with Gasteiger partial charge >= 0.3 is 0 Å². The van der Waals surface area contributed by atoms with E-state index in [0.29, 0.717) is 12.5 Å². The third-order valence-corrected chi connectivity index (χ3v) is 4.00. The Balaban J connectivity index is 1.56. The largest absolute Gasteiger partial charge is 0.370 e. The molecule has 3 N–H and O–H groups in total. The number of hydrogen-bond donors (Lipinski definition) is 2. The van der Waals surface area contributed by atoms with Gasteiger partial charge in [0.15, 0.2) is 5.96 Å². The van der Waals surface area contributed by atoms with Crippen LogP contribution in [-0.2, 0) is 6.54 Å². The Morgan fingerprint density at radius 1 is 1.17 bits per heavy atom. The average molecular weight is 309 g/mol. The van der Waals surface area contributed by atoms with Crippen molar-refractivity contribution in [2.75, 3.05) is 23.3 Å². The number of nitrogens with zero attached hydrogens (tertiary/aromatic N) is 3. The van der Waals surface area contributed by atoms with Gasteiger partial charge in [0.1, 0.15) is 5.82 Å². The quantitative estimate of drug-likeness (QED) is 0.673. The fourth-order valence-electron chi connectivity index (χ4n) is 2.64. The smallest absolute Gasteiger partial charge is 0.193 e. The summed E-state index contributed by atoms with van der Waals surface area (Å²) in [6.07, 6.45) is 4.40. The van der Waals surface area contributed by atoms with Gasteiger partial charge in [0.2, 0.25) is 0 Å². The summed E-state index contributed by atoms with van der Waals surface area (Å²) in [6, 6.07) is 12.2. The summed E-state index contributed by atoms with van der Waals surface area (Å²) in [6.45, 7) is 4.80. The molecule has 0 unspecified atom stereocenters. The number of benzene rings is 1. The number of guanidine groups is 1. The predicted octanol–water partition coefficient (Wildman–Crippen LogP) is 2.92. The van der Waals surface area contributed by atoms with Gasteiger partial charge in [-0.05, 0) is 43.5 Å². The third kappa shape index (κ3) is 4.22. The zero-order valence-corrected chi connectivity index (χ0v) is 13.5. The van der Waals surface area contributed by atoms with Gasteiger partial charge in [0, 0.05) is 25.0 Å². The highest BCUT2D eigenvalue weighted by Gasteiger charge is 2.12. The highest BCUT2D eigenvalue weighted by Crippen LogP contribution is 2.17. The average Bonchev–Trinajstić information content (AvgIpc) is 3.10. The van der Waals surface area contributed by atoms with Crippen LogP contribution in [0.1, 0.15) is 24.0 Å². The lowest BCUT2D eigenvalue weighted by Crippen LogP contribution is -2.22. The fourth-order valence-corrected chi connectivity index (χ4v) is 2.64. The number of pyridine rings is 1. The van der Waals surface area contributed by atoms with Gasteiger partial charge in [-0.1, -0.05) is 23.8 Å². The Hall–Kier alpha value is -2.56. The van der Waals surface area contributed by atoms with Crippen LogP contribution in [-0.4, -0.2) is 24.0 Å². The Bertz CT molecular complexity index is 655. The van der Waals surface area contributed by atoms with Gasteiger partial charge in [-0.3, -0.25) is 0 Å². The highest BCUT2D eigenvalue weighted by molar-refractivity contribution is 5.92. The number of hydrogen-bond acceptors (Lipinski definition) is 3. The van der Waals surface area contributed by atoms with Crippen molar-refractivity contribution in [3.05, 3.63) is 53.7 Å². The lowest BCUT2D eigenvalue weighted by Gasteiger charge is -2.16. The van der Waals surface area contributed by atoms with Crippen LogP contribution in [0.25, 0.3) is 0 Å². The maximum Gasteiger partial charge on any atom is 0.193 e. The second kappa shape index (κ2) is 7.13. The minimum absolute atomic E-state index is 0.414. The van der Waals surface area contributed by atoms with Crippen LogP contribution in [0, 0.1) is 6.92 Å². The minimum atomic E-state index is 0.414. The second-order valence-electron chi connectivity index (χ2n) is 5.91. The molecule has 1 aliphatic rings. The number of aliphatic imine (C=N–C) groups is 1. The number of anilines is 2. The van der Waals surface area contributed by atoms with Gasteiger partial charge in [0.25, 0.3) is 0 Å². The first kappa shape index (κ1) is 15.3. The number of aromatic nitrogens is 1. The van der Waals surface area contributed by atoms with Crippen molar-refractivity contribution in [3.8, 4) is 0 Å². The molecule has 2 heterocycles. The molecule has 0 amide bonds. The molecule has 0 aliphatic carbocycles. The summed E-state index contributed by atoms with van der Waals surface area (Å²) < 4.78 is 0. The molecule has 1 aromatic carbocycles. The molecule has 1 fully saturated rings. The standard InChI is InChI=1S/C18H23N5/c1-14-4-7-16(8-5-14)22-18(19)21-13-15-6-9-17(20-12-15)23-10-2-3-11-23/h4-9,12H,2-3,10-11,13H2,1H3,(H3,19,21,22). The summed E-state index contributed by atoms with van der Waals surface area (Å²) in [4.78, 5) is 11.2. The molecular formula is C18H23N5. The molecule has 5 nitrogen and oxygen atoms in total. The Kier molecular flexibility index (Phi) is 4.76. The molecule has 1 aromatic heterocycles. The number of rotatable bonds is 4. The van der Waals surface area contributed by atoms with E-state index in [2.05, 4.69) is 39.2 Å². The van der Waals surface area contributed by atoms with E-state index in [9.17, 15) is 0 Å². The minimum Gasteiger partial charge on any atom is -0.370 e. The first-order valence-electron chi connectivity index (χ1n) is 8.04. The number of nitrogens with two attached hydrogens (primary N) is 1. The first-order chi connectivity index (χ1) is 11.2. The molecule has 0 spiro atoms. The Morgan fingerprint density at radius 3 is 2.57 bits per heavy atom. The van der Waals surface area contributed by atoms with Crippen LogP contribution in [0.15, 0.2) is 47.6 Å². The van der Waals surface area contributed by atoms with E-state index >= 15 is 0 Å². The molecule has 0 saturated carbocycles. The summed E-state index contributed by atoms with van der Waals surface area (Å²) in [5, 5.41) is 3.09. The van der Waals surface area contributed by atoms with Crippen LogP contribution in [0.3, 0.4) is 0 Å². The van der Waals surface area contributed by atoms with Crippen molar-refractivity contribution < 1.29 is 0 Å². The normalized spacial score (nSPS) is 15.0. The van der Waals surface area contributed by atoms with E-state index in [1.54, 1.807) is 0 Å². The second-order valence-corrected chi connectivity index (χ2v) is 5.91. The highest BCUT2D eigenvalue weighted by atomic mass is 15.2. The fraction of sp³-hybridized carbons (Fsp3) is 0.333. The topological polar surface area (TPSA) is 66.5 Å². The van der Waals surface area contributed by atoms with Crippen molar-refractivity contribution in [2.45, 2.75) is 26.3 Å². The maximum absolute atomic E-state index is 5.93. The van der Waals surface area contributed by atoms with Gasteiger partial charge in [-0.25, -0.2) is 9.98 Å². The van der Waals surface area contributed by atoms with Crippen molar-refractivity contribution in [2.24, 2.45) is 10.7 Å². The van der Waals surface area contributed by atoms with Crippen molar-refractivity contribution in [1.82, 2.24) is 4.98 Å². The van der Waals surface area contributed by atoms with Gasteiger partial charge < -0.3 is 16.0 Å². The SMILES string of the molecule is Cc1ccc(NC(N)=NCc2ccc(N3CCCC3)nc2)cc1. The molecule has 3 rings (SSSR count). The number of nitrogens with one attached hydrogen (secondary N) is 1. The van der Waals surface area contributed by atoms with Crippen LogP contribution in [0.2, 0.25) is 0 Å². The summed E-state index contributed by atoms with van der Waals surface area (Å²) >= 11 is 0. The zero-order chi connectivity index (χ0) is 16.1. The molecule has 1 saturated heterocycles. The van der Waals surface area contributed by atoms with Crippen molar-refractivity contribution in [1.29, 1.82) is 0 Å². The number of aryl methyl sites for hydroxylation is 1. The lowest BCUT2D eigenvalue weighted by molar-refractivity contribution is 0.929. The van der Waals surface area contributed by atoms with Crippen LogP contribution < -0.4 is 16.0 Å². The van der Waals surface area contributed by atoms with Crippen LogP contribution in [0.4, 0.5) is 11.5 Å². The first-order valence-corrected chi connectivity index (χ1v) is 8.04. The molecule has 0 radical (unpaired) electrons. The maximum atomic E-state index is 5.93. The third-order valence-electron chi connectivity index (χ3n) is 4.00. The monoisotopic (exact) mass is 309 g/mol. The Labute approximate surface area is 137 Å². The van der Waals surface area contributed by atoms with Crippen LogP contribution in [0.5, 0.6) is 0 Å². The van der Waals surface area contributed by atoms with E-state index in [1.165, 1.54) is 18.4 Å². The summed E-state index contributed by atoms with van der Waals surface area (Å²) in [7, 11) is 0. The molecule has 5 heteroatoms. The molecule has 120 valence electrons. The van der Waals surface area contributed by atoms with E-state index in [4.69, 9.17) is 5.73 Å². The van der Waals surface area contributed by atoms with Gasteiger partial charge in [-0.2, -0.15) is 0 Å². The van der Waals surface area contributed by atoms with Crippen molar-refractivity contribution in [3.63, 3.8) is 0 Å². The molecule has 23 heavy (non-hydrogen) atoms. The molecule has 2 aromatic rings. The predicted molar refractivity (Wildman–Crippen MR) is 95.8 cm³/mol. The van der Waals surface area contributed by atoms with E-state index in [-0.39, 0.29) is 0 Å². The molecule has 0 bridgehead atoms. The van der Waals surface area contributed by atoms with E-state index < -0.39 is 0 Å². The summed E-state index contributed by atoms with van der Waals surface area (Å²) in [5.41, 5.74) is 9.15. The lowest BCUT2D eigenvalue weighted by atomic mass is 10.2. The van der Waals surface area contributed by atoms with E-state index in [0.717, 1.165) is 30.2 Å².